The Morgan fingerprint density at radius 2 is 1.80 bits per heavy atom. The summed E-state index contributed by atoms with van der Waals surface area (Å²) < 4.78 is 10.7. The molecule has 0 bridgehead atoms. The molecule has 5 nitrogen and oxygen atoms in total. The Balaban J connectivity index is 2.32. The van der Waals surface area contributed by atoms with Crippen LogP contribution in [0.1, 0.15) is 0 Å². The second-order valence-corrected chi connectivity index (χ2v) is 4.37. The Morgan fingerprint density at radius 3 is 2.55 bits per heavy atom. The highest BCUT2D eigenvalue weighted by molar-refractivity contribution is 5.93. The molecule has 0 aliphatic rings. The highest BCUT2D eigenvalue weighted by Crippen LogP contribution is 2.36. The van der Waals surface area contributed by atoms with Gasteiger partial charge in [-0.2, -0.15) is 0 Å². The van der Waals surface area contributed by atoms with Gasteiger partial charge in [-0.3, -0.25) is 0 Å². The molecule has 0 unspecified atom stereocenters. The predicted molar refractivity (Wildman–Crippen MR) is 77.5 cm³/mol. The zero-order valence-electron chi connectivity index (χ0n) is 11.2. The number of aromatic nitrogens is 2. The molecule has 3 aromatic rings. The van der Waals surface area contributed by atoms with Crippen LogP contribution in [0.25, 0.3) is 22.2 Å². The van der Waals surface area contributed by atoms with Crippen molar-refractivity contribution in [3.05, 3.63) is 46.9 Å². The van der Waals surface area contributed by atoms with Crippen molar-refractivity contribution in [1.82, 2.24) is 9.97 Å². The maximum atomic E-state index is 11.5. The van der Waals surface area contributed by atoms with Gasteiger partial charge < -0.3 is 19.4 Å². The summed E-state index contributed by atoms with van der Waals surface area (Å²) in [6, 6.07) is 11.2. The van der Waals surface area contributed by atoms with Crippen LogP contribution in [-0.2, 0) is 0 Å². The first-order valence-corrected chi connectivity index (χ1v) is 6.16. The summed E-state index contributed by atoms with van der Waals surface area (Å²) in [7, 11) is 3.23. The molecule has 0 saturated carbocycles. The van der Waals surface area contributed by atoms with Gasteiger partial charge in [0, 0.05) is 11.1 Å². The fourth-order valence-electron chi connectivity index (χ4n) is 2.31. The molecule has 20 heavy (non-hydrogen) atoms. The molecule has 1 heterocycles. The molecule has 2 aromatic carbocycles. The monoisotopic (exact) mass is 270 g/mol. The Morgan fingerprint density at radius 1 is 0.950 bits per heavy atom. The number of hydrogen-bond donors (Lipinski definition) is 2. The number of imidazole rings is 1. The molecule has 3 rings (SSSR count). The Labute approximate surface area is 115 Å². The van der Waals surface area contributed by atoms with Crippen LogP contribution in [-0.4, -0.2) is 24.2 Å². The van der Waals surface area contributed by atoms with Crippen LogP contribution in [0.2, 0.25) is 0 Å². The molecule has 0 aliphatic carbocycles. The highest BCUT2D eigenvalue weighted by Gasteiger charge is 2.12. The van der Waals surface area contributed by atoms with Gasteiger partial charge >= 0.3 is 5.69 Å². The van der Waals surface area contributed by atoms with Gasteiger partial charge in [0.15, 0.2) is 0 Å². The van der Waals surface area contributed by atoms with Crippen LogP contribution in [0, 0.1) is 0 Å². The van der Waals surface area contributed by atoms with Crippen LogP contribution in [0.4, 0.5) is 0 Å². The lowest BCUT2D eigenvalue weighted by atomic mass is 10.0. The van der Waals surface area contributed by atoms with E-state index < -0.39 is 0 Å². The van der Waals surface area contributed by atoms with Gasteiger partial charge in [0.25, 0.3) is 0 Å². The number of hydrogen-bond acceptors (Lipinski definition) is 3. The van der Waals surface area contributed by atoms with Gasteiger partial charge in [-0.1, -0.05) is 12.1 Å². The number of fused-ring (bicyclic) bond motifs is 1. The third-order valence-corrected chi connectivity index (χ3v) is 3.25. The fraction of sp³-hybridized carbons (Fsp3) is 0.133. The second-order valence-electron chi connectivity index (χ2n) is 4.37. The molecule has 0 radical (unpaired) electrons. The number of methoxy groups -OCH3 is 2. The number of rotatable bonds is 3. The van der Waals surface area contributed by atoms with E-state index in [9.17, 15) is 4.79 Å². The molecule has 0 spiro atoms. The quantitative estimate of drug-likeness (QED) is 0.768. The normalized spacial score (nSPS) is 10.7. The lowest BCUT2D eigenvalue weighted by Crippen LogP contribution is -1.99. The van der Waals surface area contributed by atoms with Crippen molar-refractivity contribution >= 4 is 11.0 Å². The maximum absolute atomic E-state index is 11.5. The fourth-order valence-corrected chi connectivity index (χ4v) is 2.31. The van der Waals surface area contributed by atoms with Crippen LogP contribution in [0.15, 0.2) is 41.2 Å². The van der Waals surface area contributed by atoms with Gasteiger partial charge in [0.05, 0.1) is 25.3 Å². The number of para-hydroxylation sites is 1. The molecule has 0 fully saturated rings. The van der Waals surface area contributed by atoms with Crippen LogP contribution >= 0.6 is 0 Å². The second kappa shape index (κ2) is 4.77. The Kier molecular flexibility index (Phi) is 2.95. The van der Waals surface area contributed by atoms with Crippen LogP contribution in [0.3, 0.4) is 0 Å². The van der Waals surface area contributed by atoms with Gasteiger partial charge in [-0.15, -0.1) is 0 Å². The first-order valence-electron chi connectivity index (χ1n) is 6.16. The van der Waals surface area contributed by atoms with Crippen molar-refractivity contribution in [1.29, 1.82) is 0 Å². The van der Waals surface area contributed by atoms with Gasteiger partial charge in [0.1, 0.15) is 11.5 Å². The first kappa shape index (κ1) is 12.3. The van der Waals surface area contributed by atoms with E-state index >= 15 is 0 Å². The average molecular weight is 270 g/mol. The summed E-state index contributed by atoms with van der Waals surface area (Å²) in [4.78, 5) is 17.0. The molecule has 0 aliphatic heterocycles. The molecule has 1 aromatic heterocycles. The van der Waals surface area contributed by atoms with Crippen molar-refractivity contribution in [2.75, 3.05) is 14.2 Å². The SMILES string of the molecule is COc1ccc(OC)c(-c2cccc3[nH]c(=O)[nH]c23)c1. The molecule has 0 amide bonds. The highest BCUT2D eigenvalue weighted by atomic mass is 16.5. The third-order valence-electron chi connectivity index (χ3n) is 3.25. The minimum atomic E-state index is -0.227. The zero-order chi connectivity index (χ0) is 14.1. The van der Waals surface area contributed by atoms with E-state index in [0.29, 0.717) is 0 Å². The van der Waals surface area contributed by atoms with E-state index in [1.165, 1.54) is 0 Å². The molecular weight excluding hydrogens is 256 g/mol. The predicted octanol–water partition coefficient (Wildman–Crippen LogP) is 2.54. The summed E-state index contributed by atoms with van der Waals surface area (Å²) >= 11 is 0. The standard InChI is InChI=1S/C15H14N2O3/c1-19-9-6-7-13(20-2)11(8-9)10-4-3-5-12-14(10)17-15(18)16-12/h3-8H,1-2H3,(H2,16,17,18). The third kappa shape index (κ3) is 1.93. The molecular formula is C15H14N2O3. The lowest BCUT2D eigenvalue weighted by molar-refractivity contribution is 0.404. The van der Waals surface area contributed by atoms with E-state index in [1.54, 1.807) is 14.2 Å². The lowest BCUT2D eigenvalue weighted by Gasteiger charge is -2.11. The van der Waals surface area contributed by atoms with Gasteiger partial charge in [-0.05, 0) is 24.3 Å². The number of H-pyrrole nitrogens is 2. The van der Waals surface area contributed by atoms with E-state index in [-0.39, 0.29) is 5.69 Å². The summed E-state index contributed by atoms with van der Waals surface area (Å²) in [5.74, 6) is 1.45. The summed E-state index contributed by atoms with van der Waals surface area (Å²) in [5.41, 5.74) is 3.04. The van der Waals surface area contributed by atoms with E-state index in [4.69, 9.17) is 9.47 Å². The number of benzene rings is 2. The minimum absolute atomic E-state index is 0.227. The van der Waals surface area contributed by atoms with Crippen molar-refractivity contribution in [3.8, 4) is 22.6 Å². The molecule has 5 heteroatoms. The Bertz CT molecular complexity index is 817. The Hall–Kier alpha value is -2.69. The van der Waals surface area contributed by atoms with E-state index in [2.05, 4.69) is 9.97 Å². The van der Waals surface area contributed by atoms with E-state index in [1.807, 2.05) is 36.4 Å². The van der Waals surface area contributed by atoms with E-state index in [0.717, 1.165) is 33.7 Å². The average Bonchev–Trinajstić information content (AvgIpc) is 2.86. The first-order chi connectivity index (χ1) is 9.72. The van der Waals surface area contributed by atoms with Crippen molar-refractivity contribution in [2.24, 2.45) is 0 Å². The maximum Gasteiger partial charge on any atom is 0.323 e. The molecule has 102 valence electrons. The smallest absolute Gasteiger partial charge is 0.323 e. The topological polar surface area (TPSA) is 67.1 Å². The van der Waals surface area contributed by atoms with Crippen molar-refractivity contribution in [2.45, 2.75) is 0 Å². The van der Waals surface area contributed by atoms with Crippen LogP contribution < -0.4 is 15.2 Å². The summed E-state index contributed by atoms with van der Waals surface area (Å²) in [6.45, 7) is 0. The number of ether oxygens (including phenoxy) is 2. The van der Waals surface area contributed by atoms with Crippen molar-refractivity contribution in [3.63, 3.8) is 0 Å². The summed E-state index contributed by atoms with van der Waals surface area (Å²) in [5, 5.41) is 0. The van der Waals surface area contributed by atoms with Crippen LogP contribution in [0.5, 0.6) is 11.5 Å². The molecule has 2 N–H and O–H groups in total. The van der Waals surface area contributed by atoms with Crippen molar-refractivity contribution < 1.29 is 9.47 Å². The van der Waals surface area contributed by atoms with Gasteiger partial charge in [0.2, 0.25) is 0 Å². The van der Waals surface area contributed by atoms with Gasteiger partial charge in [-0.25, -0.2) is 4.79 Å². The summed E-state index contributed by atoms with van der Waals surface area (Å²) in [6.07, 6.45) is 0. The molecule has 0 saturated heterocycles. The number of nitrogens with one attached hydrogen (secondary N) is 2. The molecule has 0 atom stereocenters. The zero-order valence-corrected chi connectivity index (χ0v) is 11.2. The minimum Gasteiger partial charge on any atom is -0.497 e. The largest absolute Gasteiger partial charge is 0.497 e. The number of aromatic amines is 2.